The summed E-state index contributed by atoms with van der Waals surface area (Å²) in [6.07, 6.45) is 3.18. The Labute approximate surface area is 126 Å². The Morgan fingerprint density at radius 2 is 2.16 bits per heavy atom. The molecule has 0 N–H and O–H groups in total. The van der Waals surface area contributed by atoms with Crippen LogP contribution in [0.1, 0.15) is 45.0 Å². The minimum atomic E-state index is -0.290. The maximum Gasteiger partial charge on any atom is 0.139 e. The lowest BCUT2D eigenvalue weighted by Crippen LogP contribution is -2.10. The molecule has 1 unspecified atom stereocenters. The molecule has 0 saturated carbocycles. The van der Waals surface area contributed by atoms with Gasteiger partial charge in [-0.2, -0.15) is 0 Å². The zero-order valence-electron chi connectivity index (χ0n) is 11.1. The van der Waals surface area contributed by atoms with Crippen molar-refractivity contribution in [3.8, 4) is 0 Å². The van der Waals surface area contributed by atoms with Crippen LogP contribution in [0.25, 0.3) is 11.0 Å². The van der Waals surface area contributed by atoms with E-state index in [0.29, 0.717) is 21.9 Å². The second-order valence-corrected chi connectivity index (χ2v) is 5.76. The Hall–Kier alpha value is -0.610. The van der Waals surface area contributed by atoms with Crippen molar-refractivity contribution in [2.45, 2.75) is 45.0 Å². The van der Waals surface area contributed by atoms with E-state index in [1.807, 2.05) is 0 Å². The van der Waals surface area contributed by atoms with Crippen molar-refractivity contribution in [3.05, 3.63) is 28.2 Å². The first-order valence-electron chi connectivity index (χ1n) is 6.54. The van der Waals surface area contributed by atoms with Gasteiger partial charge < -0.3 is 4.57 Å². The number of benzene rings is 1. The highest BCUT2D eigenvalue weighted by Gasteiger charge is 2.18. The molecule has 0 bridgehead atoms. The third-order valence-corrected chi connectivity index (χ3v) is 4.23. The summed E-state index contributed by atoms with van der Waals surface area (Å²) in [5, 5.41) is 0. The van der Waals surface area contributed by atoms with E-state index >= 15 is 0 Å². The van der Waals surface area contributed by atoms with E-state index in [2.05, 4.69) is 39.3 Å². The van der Waals surface area contributed by atoms with Crippen LogP contribution >= 0.6 is 27.5 Å². The van der Waals surface area contributed by atoms with Crippen LogP contribution in [0.15, 0.2) is 16.6 Å². The van der Waals surface area contributed by atoms with Gasteiger partial charge in [0.1, 0.15) is 11.6 Å². The summed E-state index contributed by atoms with van der Waals surface area (Å²) in [7, 11) is 0. The van der Waals surface area contributed by atoms with Crippen molar-refractivity contribution in [2.75, 3.05) is 0 Å². The zero-order valence-corrected chi connectivity index (χ0v) is 13.4. The lowest BCUT2D eigenvalue weighted by molar-refractivity contribution is 0.448. The average molecular weight is 348 g/mol. The first kappa shape index (κ1) is 14.8. The summed E-state index contributed by atoms with van der Waals surface area (Å²) in [5.74, 6) is 0.866. The van der Waals surface area contributed by atoms with Gasteiger partial charge in [-0.3, -0.25) is 0 Å². The maximum atomic E-state index is 13.6. The lowest BCUT2D eigenvalue weighted by Gasteiger charge is -2.19. The van der Waals surface area contributed by atoms with Crippen molar-refractivity contribution in [3.63, 3.8) is 0 Å². The highest BCUT2D eigenvalue weighted by Crippen LogP contribution is 2.30. The second-order valence-electron chi connectivity index (χ2n) is 4.64. The largest absolute Gasteiger partial charge is 0.324 e. The quantitative estimate of drug-likeness (QED) is 0.660. The van der Waals surface area contributed by atoms with E-state index < -0.39 is 0 Å². The van der Waals surface area contributed by atoms with E-state index in [-0.39, 0.29) is 5.82 Å². The van der Waals surface area contributed by atoms with Crippen molar-refractivity contribution in [2.24, 2.45) is 0 Å². The number of halogens is 3. The van der Waals surface area contributed by atoms with Gasteiger partial charge in [-0.05, 0) is 34.8 Å². The smallest absolute Gasteiger partial charge is 0.139 e. The number of hydrogen-bond donors (Lipinski definition) is 0. The molecule has 2 aromatic rings. The number of hydrogen-bond acceptors (Lipinski definition) is 1. The molecule has 0 aliphatic carbocycles. The van der Waals surface area contributed by atoms with Gasteiger partial charge in [0.25, 0.3) is 0 Å². The summed E-state index contributed by atoms with van der Waals surface area (Å²) in [5.41, 5.74) is 1.62. The maximum absolute atomic E-state index is 13.6. The predicted molar refractivity (Wildman–Crippen MR) is 81.2 cm³/mol. The molecule has 0 aliphatic heterocycles. The first-order chi connectivity index (χ1) is 9.12. The highest BCUT2D eigenvalue weighted by atomic mass is 79.9. The topological polar surface area (TPSA) is 17.8 Å². The summed E-state index contributed by atoms with van der Waals surface area (Å²) in [6.45, 7) is 4.32. The van der Waals surface area contributed by atoms with Crippen LogP contribution in [0.3, 0.4) is 0 Å². The molecule has 1 aromatic heterocycles. The molecule has 2 rings (SSSR count). The average Bonchev–Trinajstić information content (AvgIpc) is 2.74. The third kappa shape index (κ3) is 2.79. The minimum Gasteiger partial charge on any atom is -0.324 e. The molecule has 104 valence electrons. The molecule has 19 heavy (non-hydrogen) atoms. The molecule has 0 spiro atoms. The Morgan fingerprint density at radius 3 is 2.74 bits per heavy atom. The molecular formula is C14H17BrClFN2. The molecule has 1 aromatic carbocycles. The standard InChI is InChI=1S/C14H17BrClFN2/c1-3-5-9(4-2)19-13-6-10(15)11(17)7-12(13)18-14(19)8-16/h6-7,9H,3-5,8H2,1-2H3. The zero-order chi connectivity index (χ0) is 14.0. The Balaban J connectivity index is 2.65. The van der Waals surface area contributed by atoms with Gasteiger partial charge in [0.05, 0.1) is 21.4 Å². The van der Waals surface area contributed by atoms with Crippen LogP contribution in [0.5, 0.6) is 0 Å². The Kier molecular flexibility index (Phi) is 4.85. The van der Waals surface area contributed by atoms with E-state index in [1.165, 1.54) is 6.07 Å². The van der Waals surface area contributed by atoms with Crippen molar-refractivity contribution in [1.82, 2.24) is 9.55 Å². The molecule has 0 saturated heterocycles. The normalized spacial score (nSPS) is 13.1. The van der Waals surface area contributed by atoms with Gasteiger partial charge in [-0.25, -0.2) is 9.37 Å². The molecule has 1 heterocycles. The fraction of sp³-hybridized carbons (Fsp3) is 0.500. The highest BCUT2D eigenvalue weighted by molar-refractivity contribution is 9.10. The Bertz CT molecular complexity index is 582. The molecule has 0 amide bonds. The van der Waals surface area contributed by atoms with Crippen LogP contribution in [0, 0.1) is 5.82 Å². The lowest BCUT2D eigenvalue weighted by atomic mass is 10.1. The number of aromatic nitrogens is 2. The monoisotopic (exact) mass is 346 g/mol. The molecular weight excluding hydrogens is 331 g/mol. The minimum absolute atomic E-state index is 0.290. The number of rotatable bonds is 5. The van der Waals surface area contributed by atoms with Gasteiger partial charge in [-0.15, -0.1) is 11.6 Å². The molecule has 5 heteroatoms. The van der Waals surface area contributed by atoms with Gasteiger partial charge in [0.2, 0.25) is 0 Å². The van der Waals surface area contributed by atoms with E-state index in [9.17, 15) is 4.39 Å². The molecule has 0 radical (unpaired) electrons. The van der Waals surface area contributed by atoms with Crippen molar-refractivity contribution >= 4 is 38.6 Å². The summed E-state index contributed by atoms with van der Waals surface area (Å²) in [6, 6.07) is 3.62. The number of alkyl halides is 1. The molecule has 0 aliphatic rings. The van der Waals surface area contributed by atoms with Crippen LogP contribution in [-0.4, -0.2) is 9.55 Å². The number of nitrogens with zero attached hydrogens (tertiary/aromatic N) is 2. The van der Waals surface area contributed by atoms with Crippen LogP contribution < -0.4 is 0 Å². The van der Waals surface area contributed by atoms with Crippen LogP contribution in [0.4, 0.5) is 4.39 Å². The SMILES string of the molecule is CCCC(CC)n1c(CCl)nc2cc(F)c(Br)cc21. The fourth-order valence-corrected chi connectivity index (χ4v) is 3.01. The molecule has 0 fully saturated rings. The van der Waals surface area contributed by atoms with Crippen molar-refractivity contribution < 1.29 is 4.39 Å². The van der Waals surface area contributed by atoms with Crippen LogP contribution in [-0.2, 0) is 5.88 Å². The van der Waals surface area contributed by atoms with Gasteiger partial charge in [0, 0.05) is 12.1 Å². The number of imidazole rings is 1. The summed E-state index contributed by atoms with van der Waals surface area (Å²) < 4.78 is 16.2. The van der Waals surface area contributed by atoms with Crippen molar-refractivity contribution in [1.29, 1.82) is 0 Å². The Morgan fingerprint density at radius 1 is 1.42 bits per heavy atom. The summed E-state index contributed by atoms with van der Waals surface area (Å²) >= 11 is 9.24. The van der Waals surface area contributed by atoms with Crippen LogP contribution in [0.2, 0.25) is 0 Å². The van der Waals surface area contributed by atoms with Gasteiger partial charge >= 0.3 is 0 Å². The molecule has 2 nitrogen and oxygen atoms in total. The molecule has 1 atom stereocenters. The predicted octanol–water partition coefficient (Wildman–Crippen LogP) is 5.43. The number of fused-ring (bicyclic) bond motifs is 1. The van der Waals surface area contributed by atoms with E-state index in [0.717, 1.165) is 30.6 Å². The van der Waals surface area contributed by atoms with E-state index in [4.69, 9.17) is 11.6 Å². The second kappa shape index (κ2) is 6.23. The van der Waals surface area contributed by atoms with Gasteiger partial charge in [-0.1, -0.05) is 20.3 Å². The summed E-state index contributed by atoms with van der Waals surface area (Å²) in [4.78, 5) is 4.45. The fourth-order valence-electron chi connectivity index (χ4n) is 2.49. The van der Waals surface area contributed by atoms with E-state index in [1.54, 1.807) is 6.07 Å². The first-order valence-corrected chi connectivity index (χ1v) is 7.86. The van der Waals surface area contributed by atoms with Gasteiger partial charge in [0.15, 0.2) is 0 Å². The third-order valence-electron chi connectivity index (χ3n) is 3.38.